The summed E-state index contributed by atoms with van der Waals surface area (Å²) in [5.41, 5.74) is 3.09. The van der Waals surface area contributed by atoms with Crippen molar-refractivity contribution < 1.29 is 17.1 Å². The monoisotopic (exact) mass is 706 g/mol. The maximum Gasteiger partial charge on any atom is 0.503 e. The smallest absolute Gasteiger partial charge is 0.457 e. The fourth-order valence-corrected chi connectivity index (χ4v) is 6.81. The maximum atomic E-state index is 8.17. The van der Waals surface area contributed by atoms with Crippen LogP contribution in [-0.2, 0) is 16.2 Å². The number of nitrogens with zero attached hydrogens (tertiary/aromatic N) is 5. The summed E-state index contributed by atoms with van der Waals surface area (Å²) in [6.45, 7) is 2.83. The summed E-state index contributed by atoms with van der Waals surface area (Å²) in [5.74, 6) is 2.01. The zero-order valence-corrected chi connectivity index (χ0v) is 30.7. The van der Waals surface area contributed by atoms with Crippen LogP contribution in [-0.4, -0.2) is 20.5 Å². The minimum absolute atomic E-state index is 0.0778. The van der Waals surface area contributed by atoms with E-state index >= 15 is 0 Å². The second kappa shape index (κ2) is 12.4. The molecule has 0 atom stereocenters. The first-order valence-corrected chi connectivity index (χ1v) is 17.6. The van der Waals surface area contributed by atoms with Crippen LogP contribution in [0.2, 0.25) is 0 Å². The van der Waals surface area contributed by atoms with Crippen LogP contribution >= 0.6 is 0 Å². The van der Waals surface area contributed by atoms with Gasteiger partial charge < -0.3 is 4.74 Å². The topological polar surface area (TPSA) is 46.0 Å². The molecule has 0 bridgehead atoms. The van der Waals surface area contributed by atoms with Crippen molar-refractivity contribution in [2.24, 2.45) is 0 Å². The molecule has 1 aliphatic heterocycles. The Hall–Kier alpha value is -5.84. The highest BCUT2D eigenvalue weighted by atomic mass is 16.5. The number of fused-ring (bicyclic) bond motifs is 4. The molecule has 7 aromatic rings. The summed E-state index contributed by atoms with van der Waals surface area (Å²) >= 11 is 0. The van der Waals surface area contributed by atoms with Crippen LogP contribution in [0, 0.1) is 0 Å². The second-order valence-corrected chi connectivity index (χ2v) is 15.7. The normalized spacial score (nSPS) is 16.5. The molecule has 264 valence electrons. The van der Waals surface area contributed by atoms with Crippen molar-refractivity contribution in [3.8, 4) is 17.3 Å². The minimum Gasteiger partial charge on any atom is -0.457 e. The van der Waals surface area contributed by atoms with Gasteiger partial charge in [-0.1, -0.05) is 86.4 Å². The van der Waals surface area contributed by atoms with Crippen LogP contribution < -0.4 is 13.9 Å². The Balaban J connectivity index is 1.25. The summed E-state index contributed by atoms with van der Waals surface area (Å²) in [6.07, 6.45) is 5.51. The van der Waals surface area contributed by atoms with E-state index in [1.165, 1.54) is 24.3 Å². The van der Waals surface area contributed by atoms with Crippen LogP contribution in [0.1, 0.15) is 91.1 Å². The number of benzene rings is 4. The van der Waals surface area contributed by atoms with Crippen molar-refractivity contribution >= 4 is 50.6 Å². The van der Waals surface area contributed by atoms with Gasteiger partial charge in [-0.05, 0) is 78.5 Å². The number of aromatic nitrogens is 3. The van der Waals surface area contributed by atoms with Gasteiger partial charge in [-0.25, -0.2) is 4.98 Å². The van der Waals surface area contributed by atoms with E-state index in [2.05, 4.69) is 69.2 Å². The number of pyridine rings is 2. The Bertz CT molecular complexity index is 2920. The van der Waals surface area contributed by atoms with Gasteiger partial charge in [0.15, 0.2) is 0 Å². The lowest BCUT2D eigenvalue weighted by molar-refractivity contribution is 0.479. The predicted octanol–water partition coefficient (Wildman–Crippen LogP) is 12.1. The molecule has 53 heavy (non-hydrogen) atoms. The SMILES string of the molecule is [2H]C([2H])([2H])C(c1ccc([N+]2=C=[N+](c3cc(Oc4ccc5c6cnccc6n(-c6cc(C(C)(C)C)ccn6)c5c4)cc(C(C)(C)C)c3)c3ccccc32)cc1)(C([2H])([2H])[2H])C([2H])([2H])[2H]. The lowest BCUT2D eigenvalue weighted by atomic mass is 9.86. The van der Waals surface area contributed by atoms with Crippen molar-refractivity contribution in [1.29, 1.82) is 0 Å². The summed E-state index contributed by atoms with van der Waals surface area (Å²) in [4.78, 5) is 9.25. The van der Waals surface area contributed by atoms with Gasteiger partial charge in [-0.15, -0.1) is 0 Å². The van der Waals surface area contributed by atoms with E-state index < -0.39 is 26.0 Å². The Morgan fingerprint density at radius 3 is 2.02 bits per heavy atom. The van der Waals surface area contributed by atoms with Gasteiger partial charge in [0.2, 0.25) is 11.4 Å². The molecule has 0 radical (unpaired) electrons. The quantitative estimate of drug-likeness (QED) is 0.167. The molecule has 0 amide bonds. The van der Waals surface area contributed by atoms with Crippen LogP contribution in [0.3, 0.4) is 0 Å². The summed E-state index contributed by atoms with van der Waals surface area (Å²) in [5, 5.41) is 2.01. The molecular formula is C47H47N5O+2. The molecule has 4 heterocycles. The molecule has 6 heteroatoms. The van der Waals surface area contributed by atoms with Gasteiger partial charge in [0.1, 0.15) is 17.3 Å². The first kappa shape index (κ1) is 25.2. The van der Waals surface area contributed by atoms with Crippen molar-refractivity contribution in [2.45, 2.75) is 78.3 Å². The lowest BCUT2D eigenvalue weighted by Gasteiger charge is -2.20. The molecular weight excluding hydrogens is 651 g/mol. The summed E-state index contributed by atoms with van der Waals surface area (Å²) in [7, 11) is 0. The summed E-state index contributed by atoms with van der Waals surface area (Å²) < 4.78 is 86.1. The highest BCUT2D eigenvalue weighted by Gasteiger charge is 2.37. The molecule has 4 aromatic carbocycles. The predicted molar refractivity (Wildman–Crippen MR) is 220 cm³/mol. The fraction of sp³-hybridized carbons (Fsp3) is 0.255. The molecule has 6 nitrogen and oxygen atoms in total. The molecule has 0 fully saturated rings. The first-order valence-electron chi connectivity index (χ1n) is 22.1. The fourth-order valence-electron chi connectivity index (χ4n) is 6.81. The van der Waals surface area contributed by atoms with Crippen LogP contribution in [0.25, 0.3) is 27.6 Å². The molecule has 0 aliphatic carbocycles. The zero-order chi connectivity index (χ0) is 44.8. The third-order valence-electron chi connectivity index (χ3n) is 9.75. The highest BCUT2D eigenvalue weighted by molar-refractivity contribution is 6.09. The number of hydrogen-bond donors (Lipinski definition) is 0. The molecule has 3 aromatic heterocycles. The lowest BCUT2D eigenvalue weighted by Crippen LogP contribution is -2.12. The van der Waals surface area contributed by atoms with Crippen LogP contribution in [0.15, 0.2) is 122 Å². The van der Waals surface area contributed by atoms with E-state index in [4.69, 9.17) is 22.1 Å². The molecule has 0 saturated carbocycles. The minimum atomic E-state index is -3.37. The van der Waals surface area contributed by atoms with Crippen molar-refractivity contribution in [2.75, 3.05) is 0 Å². The standard InChI is InChI=1S/C47H47N5O/c1-45(2,3)31-14-16-34(17-15-31)50-30-51(42-13-11-10-12-41(42)50)35-24-33(47(7,8)9)25-37(27-35)53-36-18-19-38-39-29-48-22-21-40(39)52(43(38)28-36)44-26-32(20-23-49-44)46(4,5)6/h10-29H,1-9H3/q+2/i1D3,2D3,3D3. The van der Waals surface area contributed by atoms with E-state index in [-0.39, 0.29) is 16.4 Å². The van der Waals surface area contributed by atoms with Crippen molar-refractivity contribution in [1.82, 2.24) is 23.7 Å². The molecule has 0 saturated heterocycles. The van der Waals surface area contributed by atoms with Crippen molar-refractivity contribution in [3.63, 3.8) is 0 Å². The van der Waals surface area contributed by atoms with Crippen LogP contribution in [0.5, 0.6) is 11.5 Å². The third kappa shape index (κ3) is 6.34. The van der Waals surface area contributed by atoms with E-state index in [1.807, 2.05) is 83.7 Å². The van der Waals surface area contributed by atoms with Gasteiger partial charge in [0.05, 0.1) is 17.1 Å². The molecule has 0 unspecified atom stereocenters. The van der Waals surface area contributed by atoms with Gasteiger partial charge >= 0.3 is 6.01 Å². The van der Waals surface area contributed by atoms with Crippen LogP contribution in [0.4, 0.5) is 22.7 Å². The van der Waals surface area contributed by atoms with E-state index in [0.29, 0.717) is 17.2 Å². The van der Waals surface area contributed by atoms with E-state index in [9.17, 15) is 0 Å². The second-order valence-electron chi connectivity index (χ2n) is 15.7. The first-order chi connectivity index (χ1) is 28.9. The third-order valence-corrected chi connectivity index (χ3v) is 9.75. The van der Waals surface area contributed by atoms with Gasteiger partial charge in [0.25, 0.3) is 11.4 Å². The number of para-hydroxylation sites is 2. The Kier molecular flexibility index (Phi) is 5.89. The van der Waals surface area contributed by atoms with Gasteiger partial charge in [0, 0.05) is 78.1 Å². The number of hydrogen-bond acceptors (Lipinski definition) is 3. The largest absolute Gasteiger partial charge is 0.503 e. The Morgan fingerprint density at radius 1 is 0.604 bits per heavy atom. The Labute approximate surface area is 325 Å². The van der Waals surface area contributed by atoms with Crippen molar-refractivity contribution in [3.05, 3.63) is 138 Å². The average molecular weight is 707 g/mol. The zero-order valence-electron chi connectivity index (χ0n) is 39.7. The summed E-state index contributed by atoms with van der Waals surface area (Å²) in [6, 6.07) is 35.0. The number of rotatable bonds is 5. The number of ether oxygens (including phenoxy) is 1. The Morgan fingerprint density at radius 2 is 1.32 bits per heavy atom. The van der Waals surface area contributed by atoms with E-state index in [1.54, 1.807) is 10.8 Å². The van der Waals surface area contributed by atoms with Gasteiger partial charge in [-0.2, -0.15) is 0 Å². The molecule has 1 aliphatic rings. The average Bonchev–Trinajstić information content (AvgIpc) is 3.72. The molecule has 0 spiro atoms. The molecule has 8 rings (SSSR count). The molecule has 0 N–H and O–H groups in total. The van der Waals surface area contributed by atoms with Gasteiger partial charge in [-0.3, -0.25) is 9.55 Å². The maximum absolute atomic E-state index is 8.17. The van der Waals surface area contributed by atoms with E-state index in [0.717, 1.165) is 55.8 Å². The highest BCUT2D eigenvalue weighted by Crippen LogP contribution is 2.41.